The molecule has 0 aromatic heterocycles. The number of hydrogen-bond donors (Lipinski definition) is 2. The number of carbonyl (C=O) groups is 1. The van der Waals surface area contributed by atoms with Gasteiger partial charge in [-0.25, -0.2) is 0 Å². The molecule has 3 nitrogen and oxygen atoms in total. The summed E-state index contributed by atoms with van der Waals surface area (Å²) in [5.41, 5.74) is 4.97. The van der Waals surface area contributed by atoms with E-state index >= 15 is 0 Å². The number of unbranched alkanes of at least 4 members (excludes halogenated alkanes) is 5. The third-order valence-corrected chi connectivity index (χ3v) is 2.01. The molecule has 0 rings (SSSR count). The molecule has 0 aromatic rings. The van der Waals surface area contributed by atoms with E-state index in [-0.39, 0.29) is 5.91 Å². The van der Waals surface area contributed by atoms with Crippen molar-refractivity contribution < 1.29 is 4.79 Å². The smallest absolute Gasteiger partial charge is 0.231 e. The minimum atomic E-state index is -0.272. The minimum absolute atomic E-state index is 0.272. The Morgan fingerprint density at radius 2 is 1.77 bits per heavy atom. The van der Waals surface area contributed by atoms with Crippen molar-refractivity contribution in [3.05, 3.63) is 0 Å². The van der Waals surface area contributed by atoms with Gasteiger partial charge in [-0.05, 0) is 13.0 Å². The fourth-order valence-corrected chi connectivity index (χ4v) is 1.24. The Kier molecular flexibility index (Phi) is 9.10. The molecule has 0 saturated heterocycles. The molecule has 0 aliphatic carbocycles. The monoisotopic (exact) mass is 186 g/mol. The van der Waals surface area contributed by atoms with Crippen molar-refractivity contribution in [3.63, 3.8) is 0 Å². The predicted octanol–water partition coefficient (Wildman–Crippen LogP) is 1.42. The van der Waals surface area contributed by atoms with Crippen LogP contribution < -0.4 is 11.1 Å². The second kappa shape index (κ2) is 9.52. The lowest BCUT2D eigenvalue weighted by molar-refractivity contribution is -0.117. The Balaban J connectivity index is 2.87. The van der Waals surface area contributed by atoms with Crippen LogP contribution in [0.2, 0.25) is 0 Å². The van der Waals surface area contributed by atoms with Crippen molar-refractivity contribution in [3.8, 4) is 0 Å². The normalized spacial score (nSPS) is 10.2. The maximum absolute atomic E-state index is 10.3. The van der Waals surface area contributed by atoms with Gasteiger partial charge in [0.15, 0.2) is 0 Å². The van der Waals surface area contributed by atoms with Gasteiger partial charge in [-0.1, -0.05) is 39.0 Å². The maximum atomic E-state index is 10.3. The summed E-state index contributed by atoms with van der Waals surface area (Å²) in [4.78, 5) is 10.3. The highest BCUT2D eigenvalue weighted by atomic mass is 16.1. The zero-order valence-electron chi connectivity index (χ0n) is 8.64. The first-order valence-corrected chi connectivity index (χ1v) is 5.26. The molecule has 3 N–H and O–H groups in total. The standard InChI is InChI=1S/C10H22N2O/c1-2-3-4-5-6-7-8-12-9-10(11)13/h12H,2-9H2,1H3,(H2,11,13). The second-order valence-corrected chi connectivity index (χ2v) is 3.41. The number of primary amides is 1. The molecule has 0 aromatic carbocycles. The van der Waals surface area contributed by atoms with Crippen LogP contribution in [0.3, 0.4) is 0 Å². The van der Waals surface area contributed by atoms with E-state index in [1.165, 1.54) is 32.1 Å². The molecule has 3 heteroatoms. The molecule has 0 bridgehead atoms. The lowest BCUT2D eigenvalue weighted by atomic mass is 10.1. The SMILES string of the molecule is CCCCCCCCNCC(N)=O. The van der Waals surface area contributed by atoms with Gasteiger partial charge in [-0.2, -0.15) is 0 Å². The van der Waals surface area contributed by atoms with E-state index in [0.717, 1.165) is 13.0 Å². The van der Waals surface area contributed by atoms with Crippen molar-refractivity contribution in [2.24, 2.45) is 5.73 Å². The lowest BCUT2D eigenvalue weighted by Gasteiger charge is -2.01. The lowest BCUT2D eigenvalue weighted by Crippen LogP contribution is -2.29. The number of hydrogen-bond acceptors (Lipinski definition) is 2. The van der Waals surface area contributed by atoms with Crippen molar-refractivity contribution in [1.82, 2.24) is 5.32 Å². The van der Waals surface area contributed by atoms with E-state index in [1.807, 2.05) is 0 Å². The quantitative estimate of drug-likeness (QED) is 0.535. The van der Waals surface area contributed by atoms with E-state index in [9.17, 15) is 4.79 Å². The van der Waals surface area contributed by atoms with Crippen LogP contribution in [-0.2, 0) is 4.79 Å². The van der Waals surface area contributed by atoms with Crippen LogP contribution in [0.4, 0.5) is 0 Å². The Bertz CT molecular complexity index is 126. The van der Waals surface area contributed by atoms with Gasteiger partial charge in [0.1, 0.15) is 0 Å². The topological polar surface area (TPSA) is 55.1 Å². The Labute approximate surface area is 81.1 Å². The van der Waals surface area contributed by atoms with E-state index in [0.29, 0.717) is 6.54 Å². The van der Waals surface area contributed by atoms with Gasteiger partial charge in [-0.3, -0.25) is 4.79 Å². The average molecular weight is 186 g/mol. The molecule has 0 unspecified atom stereocenters. The molecule has 0 aliphatic rings. The molecule has 13 heavy (non-hydrogen) atoms. The van der Waals surface area contributed by atoms with Crippen LogP contribution in [0.1, 0.15) is 45.4 Å². The fourth-order valence-electron chi connectivity index (χ4n) is 1.24. The van der Waals surface area contributed by atoms with Crippen molar-refractivity contribution in [2.75, 3.05) is 13.1 Å². The van der Waals surface area contributed by atoms with Crippen molar-refractivity contribution in [2.45, 2.75) is 45.4 Å². The van der Waals surface area contributed by atoms with Crippen LogP contribution in [0.5, 0.6) is 0 Å². The third kappa shape index (κ3) is 11.4. The highest BCUT2D eigenvalue weighted by Gasteiger charge is 1.92. The average Bonchev–Trinajstić information content (AvgIpc) is 2.09. The summed E-state index contributed by atoms with van der Waals surface area (Å²) in [5, 5.41) is 3.00. The Morgan fingerprint density at radius 1 is 1.15 bits per heavy atom. The largest absolute Gasteiger partial charge is 0.369 e. The summed E-state index contributed by atoms with van der Waals surface area (Å²) < 4.78 is 0. The highest BCUT2D eigenvalue weighted by molar-refractivity contribution is 5.75. The van der Waals surface area contributed by atoms with Crippen molar-refractivity contribution >= 4 is 5.91 Å². The van der Waals surface area contributed by atoms with Crippen LogP contribution in [0.25, 0.3) is 0 Å². The van der Waals surface area contributed by atoms with Gasteiger partial charge >= 0.3 is 0 Å². The van der Waals surface area contributed by atoms with Crippen LogP contribution >= 0.6 is 0 Å². The molecule has 0 fully saturated rings. The van der Waals surface area contributed by atoms with Crippen LogP contribution in [0.15, 0.2) is 0 Å². The van der Waals surface area contributed by atoms with Gasteiger partial charge < -0.3 is 11.1 Å². The molecular formula is C10H22N2O. The summed E-state index contributed by atoms with van der Waals surface area (Å²) in [7, 11) is 0. The van der Waals surface area contributed by atoms with E-state index in [1.54, 1.807) is 0 Å². The molecule has 0 atom stereocenters. The molecule has 0 spiro atoms. The number of nitrogens with one attached hydrogen (secondary N) is 1. The summed E-state index contributed by atoms with van der Waals surface area (Å²) in [6.07, 6.45) is 7.69. The second-order valence-electron chi connectivity index (χ2n) is 3.41. The maximum Gasteiger partial charge on any atom is 0.231 e. The predicted molar refractivity (Wildman–Crippen MR) is 55.4 cm³/mol. The minimum Gasteiger partial charge on any atom is -0.369 e. The van der Waals surface area contributed by atoms with E-state index in [4.69, 9.17) is 5.73 Å². The zero-order valence-corrected chi connectivity index (χ0v) is 8.64. The molecule has 1 amide bonds. The van der Waals surface area contributed by atoms with Gasteiger partial charge in [0.05, 0.1) is 6.54 Å². The highest BCUT2D eigenvalue weighted by Crippen LogP contribution is 2.03. The third-order valence-electron chi connectivity index (χ3n) is 2.01. The van der Waals surface area contributed by atoms with Crippen molar-refractivity contribution in [1.29, 1.82) is 0 Å². The molecular weight excluding hydrogens is 164 g/mol. The Morgan fingerprint density at radius 3 is 2.38 bits per heavy atom. The zero-order chi connectivity index (χ0) is 9.94. The van der Waals surface area contributed by atoms with E-state index in [2.05, 4.69) is 12.2 Å². The summed E-state index contributed by atoms with van der Waals surface area (Å²) >= 11 is 0. The molecule has 0 radical (unpaired) electrons. The van der Waals surface area contributed by atoms with Crippen LogP contribution in [-0.4, -0.2) is 19.0 Å². The number of nitrogens with two attached hydrogens (primary N) is 1. The van der Waals surface area contributed by atoms with Gasteiger partial charge in [0, 0.05) is 0 Å². The number of carbonyl (C=O) groups excluding carboxylic acids is 1. The molecule has 78 valence electrons. The molecule has 0 saturated carbocycles. The first-order valence-electron chi connectivity index (χ1n) is 5.26. The van der Waals surface area contributed by atoms with Gasteiger partial charge in [-0.15, -0.1) is 0 Å². The van der Waals surface area contributed by atoms with E-state index < -0.39 is 0 Å². The molecule has 0 aliphatic heterocycles. The van der Waals surface area contributed by atoms with Gasteiger partial charge in [0.2, 0.25) is 5.91 Å². The fraction of sp³-hybridized carbons (Fsp3) is 0.900. The Hall–Kier alpha value is -0.570. The first kappa shape index (κ1) is 12.4. The summed E-state index contributed by atoms with van der Waals surface area (Å²) in [5.74, 6) is -0.272. The van der Waals surface area contributed by atoms with Gasteiger partial charge in [0.25, 0.3) is 0 Å². The first-order chi connectivity index (χ1) is 6.27. The molecule has 0 heterocycles. The van der Waals surface area contributed by atoms with Crippen LogP contribution in [0, 0.1) is 0 Å². The number of rotatable bonds is 9. The summed E-state index contributed by atoms with van der Waals surface area (Å²) in [6.45, 7) is 3.44. The summed E-state index contributed by atoms with van der Waals surface area (Å²) in [6, 6.07) is 0. The number of amides is 1.